The van der Waals surface area contributed by atoms with E-state index in [-0.39, 0.29) is 54.4 Å². The molecule has 0 aromatic rings. The van der Waals surface area contributed by atoms with Crippen LogP contribution in [0.15, 0.2) is 36.0 Å². The fourth-order valence-corrected chi connectivity index (χ4v) is 7.20. The van der Waals surface area contributed by atoms with Crippen molar-refractivity contribution in [3.8, 4) is 0 Å². The number of allylic oxidation sites excluding steroid dienone is 3. The molecule has 0 unspecified atom stereocenters. The summed E-state index contributed by atoms with van der Waals surface area (Å²) < 4.78 is 24.2. The second-order valence-electron chi connectivity index (χ2n) is 15.3. The van der Waals surface area contributed by atoms with Gasteiger partial charge >= 0.3 is 11.9 Å². The Morgan fingerprint density at radius 3 is 2.44 bits per heavy atom. The first-order chi connectivity index (χ1) is 20.7. The van der Waals surface area contributed by atoms with Gasteiger partial charge in [0.15, 0.2) is 8.32 Å². The second-order valence-corrected chi connectivity index (χ2v) is 20.0. The van der Waals surface area contributed by atoms with Crippen LogP contribution < -0.4 is 0 Å². The van der Waals surface area contributed by atoms with Crippen LogP contribution in [-0.2, 0) is 28.2 Å². The summed E-state index contributed by atoms with van der Waals surface area (Å²) in [5.41, 5.74) is -0.559. The summed E-state index contributed by atoms with van der Waals surface area (Å²) >= 11 is 0. The molecule has 8 nitrogen and oxygen atoms in total. The minimum absolute atomic E-state index is 0.152. The lowest BCUT2D eigenvalue weighted by Crippen LogP contribution is -2.46. The third kappa shape index (κ3) is 12.1. The predicted octanol–water partition coefficient (Wildman–Crippen LogP) is 7.05. The van der Waals surface area contributed by atoms with Crippen LogP contribution >= 0.6 is 0 Å². The topological polar surface area (TPSA) is 115 Å². The van der Waals surface area contributed by atoms with Crippen LogP contribution in [0, 0.1) is 17.8 Å². The molecule has 45 heavy (non-hydrogen) atoms. The van der Waals surface area contributed by atoms with Crippen LogP contribution in [0.2, 0.25) is 18.1 Å². The molecule has 2 rings (SSSR count). The van der Waals surface area contributed by atoms with E-state index >= 15 is 0 Å². The van der Waals surface area contributed by atoms with Gasteiger partial charge in [-0.3, -0.25) is 9.59 Å². The summed E-state index contributed by atoms with van der Waals surface area (Å²) in [4.78, 5) is 24.5. The molecule has 0 aromatic carbocycles. The van der Waals surface area contributed by atoms with Crippen molar-refractivity contribution in [3.05, 3.63) is 36.0 Å². The number of aliphatic hydroxyl groups is 2. The molecule has 10 atom stereocenters. The van der Waals surface area contributed by atoms with Crippen molar-refractivity contribution < 1.29 is 38.4 Å². The van der Waals surface area contributed by atoms with Crippen LogP contribution in [0.1, 0.15) is 101 Å². The van der Waals surface area contributed by atoms with Gasteiger partial charge in [-0.15, -0.1) is 0 Å². The van der Waals surface area contributed by atoms with Gasteiger partial charge in [-0.05, 0) is 75.2 Å². The van der Waals surface area contributed by atoms with Gasteiger partial charge in [0.2, 0.25) is 0 Å². The smallest absolute Gasteiger partial charge is 0.309 e. The Bertz CT molecular complexity index is 1070. The summed E-state index contributed by atoms with van der Waals surface area (Å²) in [5.74, 6) is -0.658. The number of aliphatic hydroxyl groups excluding tert-OH is 1. The summed E-state index contributed by atoms with van der Waals surface area (Å²) in [5, 5.41) is 21.6. The van der Waals surface area contributed by atoms with Crippen LogP contribution in [0.25, 0.3) is 0 Å². The monoisotopic (exact) mass is 650 g/mol. The lowest BCUT2D eigenvalue weighted by Gasteiger charge is -2.40. The van der Waals surface area contributed by atoms with Crippen molar-refractivity contribution in [2.24, 2.45) is 17.8 Å². The SMILES string of the molecule is CC[C@H](O[Si](C)(C)C(C)(C)C)[C@@H](C)[C@H]1O[C@H]1C[C@H](C)/C=C/C=C(\C)[C@H]1OC(=O)C[C@H](O)CC[C@@](C)(O)[C@@H](OC(C)=O)/C=C/[C@@H]1C. The summed E-state index contributed by atoms with van der Waals surface area (Å²) in [6.07, 6.45) is 9.74. The quantitative estimate of drug-likeness (QED) is 0.0804. The van der Waals surface area contributed by atoms with Gasteiger partial charge in [-0.25, -0.2) is 0 Å². The number of carbonyl (C=O) groups excluding carboxylic acids is 2. The molecule has 0 aromatic heterocycles. The van der Waals surface area contributed by atoms with E-state index in [4.69, 9.17) is 18.6 Å². The molecule has 0 saturated carbocycles. The Balaban J connectivity index is 2.09. The van der Waals surface area contributed by atoms with Crippen molar-refractivity contribution in [3.63, 3.8) is 0 Å². The van der Waals surface area contributed by atoms with Gasteiger partial charge in [0, 0.05) is 24.9 Å². The maximum Gasteiger partial charge on any atom is 0.309 e. The molecule has 0 radical (unpaired) electrons. The van der Waals surface area contributed by atoms with Crippen LogP contribution in [0.3, 0.4) is 0 Å². The molecule has 0 spiro atoms. The van der Waals surface area contributed by atoms with Crippen LogP contribution in [-0.4, -0.2) is 72.7 Å². The summed E-state index contributed by atoms with van der Waals surface area (Å²) in [6, 6.07) is 0. The second kappa shape index (κ2) is 16.4. The molecular formula is C36H62O8Si. The van der Waals surface area contributed by atoms with Crippen molar-refractivity contribution in [2.75, 3.05) is 0 Å². The molecule has 1 fully saturated rings. The third-order valence-electron chi connectivity index (χ3n) is 9.85. The van der Waals surface area contributed by atoms with Crippen molar-refractivity contribution in [1.82, 2.24) is 0 Å². The van der Waals surface area contributed by atoms with Gasteiger partial charge in [0.05, 0.1) is 24.7 Å². The van der Waals surface area contributed by atoms with Gasteiger partial charge in [0.1, 0.15) is 17.8 Å². The molecule has 2 aliphatic rings. The van der Waals surface area contributed by atoms with E-state index in [2.05, 4.69) is 60.7 Å². The van der Waals surface area contributed by atoms with E-state index in [0.717, 1.165) is 18.4 Å². The maximum atomic E-state index is 12.7. The molecule has 0 bridgehead atoms. The highest BCUT2D eigenvalue weighted by Crippen LogP contribution is 2.42. The highest BCUT2D eigenvalue weighted by atomic mass is 28.4. The van der Waals surface area contributed by atoms with E-state index < -0.39 is 44.2 Å². The Hall–Kier alpha value is -1.78. The third-order valence-corrected chi connectivity index (χ3v) is 14.4. The fraction of sp³-hybridized carbons (Fsp3) is 0.778. The van der Waals surface area contributed by atoms with E-state index in [0.29, 0.717) is 5.92 Å². The molecule has 1 saturated heterocycles. The number of hydrogen-bond acceptors (Lipinski definition) is 8. The van der Waals surface area contributed by atoms with Crippen molar-refractivity contribution in [2.45, 2.75) is 162 Å². The highest BCUT2D eigenvalue weighted by molar-refractivity contribution is 6.74. The summed E-state index contributed by atoms with van der Waals surface area (Å²) in [6.45, 7) is 24.8. The predicted molar refractivity (Wildman–Crippen MR) is 181 cm³/mol. The van der Waals surface area contributed by atoms with Gasteiger partial charge in [-0.2, -0.15) is 0 Å². The largest absolute Gasteiger partial charge is 0.457 e. The molecule has 2 N–H and O–H groups in total. The van der Waals surface area contributed by atoms with E-state index in [1.165, 1.54) is 6.92 Å². The lowest BCUT2D eigenvalue weighted by molar-refractivity contribution is -0.157. The zero-order chi connectivity index (χ0) is 34.3. The average molecular weight is 651 g/mol. The molecule has 2 heterocycles. The highest BCUT2D eigenvalue weighted by Gasteiger charge is 2.48. The number of cyclic esters (lactones) is 1. The lowest BCUT2D eigenvalue weighted by atomic mass is 9.88. The molecule has 0 aliphatic carbocycles. The number of hydrogen-bond donors (Lipinski definition) is 2. The van der Waals surface area contributed by atoms with E-state index in [9.17, 15) is 19.8 Å². The normalized spacial score (nSPS) is 33.4. The average Bonchev–Trinajstić information content (AvgIpc) is 3.68. The molecule has 0 amide bonds. The zero-order valence-corrected chi connectivity index (χ0v) is 31.0. The van der Waals surface area contributed by atoms with E-state index in [1.807, 2.05) is 32.1 Å². The number of esters is 2. The zero-order valence-electron chi connectivity index (χ0n) is 30.0. The fourth-order valence-electron chi connectivity index (χ4n) is 5.70. The van der Waals surface area contributed by atoms with Gasteiger partial charge in [0.25, 0.3) is 0 Å². The first-order valence-electron chi connectivity index (χ1n) is 16.8. The first-order valence-corrected chi connectivity index (χ1v) is 19.7. The Morgan fingerprint density at radius 1 is 1.22 bits per heavy atom. The molecule has 2 aliphatic heterocycles. The van der Waals surface area contributed by atoms with E-state index in [1.54, 1.807) is 13.0 Å². The maximum absolute atomic E-state index is 12.7. The number of rotatable bonds is 11. The molecule has 258 valence electrons. The number of ether oxygens (including phenoxy) is 3. The molecular weight excluding hydrogens is 588 g/mol. The minimum atomic E-state index is -1.86. The standard InChI is InChI=1S/C36H62O8Si/c1-13-29(44-45(11,12)35(7,8)9)26(5)34-30(42-34)21-23(2)15-14-16-24(3)33-25(4)17-18-31(41-27(6)37)36(10,40)20-19-28(38)22-32(39)43-33/h14-18,23,25-26,28-31,33-34,38,40H,13,19-22H2,1-12H3/b15-14+,18-17+,24-16+/t23-,25+,26-,28-,29+,30+,31+,33-,34-,36-/m1/s1. The molecule has 9 heteroatoms. The van der Waals surface area contributed by atoms with Gasteiger partial charge in [-0.1, -0.05) is 72.8 Å². The van der Waals surface area contributed by atoms with Gasteiger partial charge < -0.3 is 28.8 Å². The van der Waals surface area contributed by atoms with Crippen molar-refractivity contribution in [1.29, 1.82) is 0 Å². The summed E-state index contributed by atoms with van der Waals surface area (Å²) in [7, 11) is -1.86. The van der Waals surface area contributed by atoms with Crippen molar-refractivity contribution >= 4 is 20.3 Å². The van der Waals surface area contributed by atoms with Crippen LogP contribution in [0.4, 0.5) is 0 Å². The first kappa shape index (κ1) is 39.4. The number of carbonyl (C=O) groups is 2. The Labute approximate surface area is 273 Å². The minimum Gasteiger partial charge on any atom is -0.457 e. The Morgan fingerprint density at radius 2 is 1.87 bits per heavy atom. The number of epoxide rings is 1. The Kier molecular flexibility index (Phi) is 14.3. The van der Waals surface area contributed by atoms with Crippen LogP contribution in [0.5, 0.6) is 0 Å².